The van der Waals surface area contributed by atoms with Gasteiger partial charge in [0.2, 0.25) is 0 Å². The van der Waals surface area contributed by atoms with Gasteiger partial charge in [-0.3, -0.25) is 0 Å². The van der Waals surface area contributed by atoms with Crippen LogP contribution in [0.4, 0.5) is 10.5 Å². The van der Waals surface area contributed by atoms with Crippen molar-refractivity contribution in [1.29, 1.82) is 0 Å². The molecule has 1 rings (SSSR count). The Labute approximate surface area is 74.9 Å². The van der Waals surface area contributed by atoms with Gasteiger partial charge >= 0.3 is 6.03 Å². The molecule has 0 bridgehead atoms. The Kier molecular flexibility index (Phi) is 2.86. The molecule has 0 saturated heterocycles. The summed E-state index contributed by atoms with van der Waals surface area (Å²) in [6, 6.07) is 6.07. The number of rotatable bonds is 2. The fraction of sp³-hybridized carbons (Fsp3) is 0. The van der Waals surface area contributed by atoms with Crippen molar-refractivity contribution in [2.45, 2.75) is 0 Å². The molecule has 0 aliphatic carbocycles. The molecule has 0 saturated carbocycles. The lowest BCUT2D eigenvalue weighted by Crippen LogP contribution is -2.19. The van der Waals surface area contributed by atoms with Crippen molar-refractivity contribution in [3.8, 4) is 0 Å². The zero-order valence-corrected chi connectivity index (χ0v) is 6.77. The topological polar surface area (TPSA) is 87.7 Å². The predicted octanol–water partition coefficient (Wildman–Crippen LogP) is 0.985. The number of amides is 2. The first kappa shape index (κ1) is 9.05. The van der Waals surface area contributed by atoms with E-state index in [0.29, 0.717) is 5.69 Å². The highest BCUT2D eigenvalue weighted by atomic mass is 16.4. The lowest BCUT2D eigenvalue weighted by molar-refractivity contribution is 0.259. The standard InChI is InChI=1S/C8H9N3O2/c9-8(12)11-7-3-1-6(2-4-7)5-10-13/h1-5,13H,(H3,9,11,12)/b10-5+. The summed E-state index contributed by atoms with van der Waals surface area (Å²) in [5.41, 5.74) is 6.24. The van der Waals surface area contributed by atoms with E-state index in [4.69, 9.17) is 10.9 Å². The molecule has 1 aromatic rings. The molecule has 0 unspecified atom stereocenters. The summed E-state index contributed by atoms with van der Waals surface area (Å²) in [5, 5.41) is 13.5. The van der Waals surface area contributed by atoms with Crippen molar-refractivity contribution in [3.05, 3.63) is 29.8 Å². The molecular weight excluding hydrogens is 170 g/mol. The Morgan fingerprint density at radius 2 is 2.08 bits per heavy atom. The molecule has 0 spiro atoms. The second-order valence-corrected chi connectivity index (χ2v) is 2.36. The largest absolute Gasteiger partial charge is 0.411 e. The first-order valence-corrected chi connectivity index (χ1v) is 3.56. The van der Waals surface area contributed by atoms with E-state index in [2.05, 4.69) is 10.5 Å². The minimum Gasteiger partial charge on any atom is -0.411 e. The number of urea groups is 1. The fourth-order valence-corrected chi connectivity index (χ4v) is 0.861. The van der Waals surface area contributed by atoms with Gasteiger partial charge in [0, 0.05) is 5.69 Å². The number of carbonyl (C=O) groups excluding carboxylic acids is 1. The quantitative estimate of drug-likeness (QED) is 0.359. The van der Waals surface area contributed by atoms with Gasteiger partial charge in [-0.1, -0.05) is 17.3 Å². The summed E-state index contributed by atoms with van der Waals surface area (Å²) in [7, 11) is 0. The zero-order valence-electron chi connectivity index (χ0n) is 6.77. The number of nitrogens with zero attached hydrogens (tertiary/aromatic N) is 1. The van der Waals surface area contributed by atoms with Gasteiger partial charge in [-0.15, -0.1) is 0 Å². The lowest BCUT2D eigenvalue weighted by atomic mass is 10.2. The number of anilines is 1. The van der Waals surface area contributed by atoms with Crippen molar-refractivity contribution in [1.82, 2.24) is 0 Å². The van der Waals surface area contributed by atoms with Gasteiger partial charge in [0.1, 0.15) is 0 Å². The molecule has 4 N–H and O–H groups in total. The average molecular weight is 179 g/mol. The van der Waals surface area contributed by atoms with Gasteiger partial charge < -0.3 is 16.3 Å². The number of oxime groups is 1. The van der Waals surface area contributed by atoms with Crippen molar-refractivity contribution in [3.63, 3.8) is 0 Å². The molecular formula is C8H9N3O2. The molecule has 2 amide bonds. The molecule has 68 valence electrons. The average Bonchev–Trinajstić information content (AvgIpc) is 2.08. The molecule has 13 heavy (non-hydrogen) atoms. The minimum absolute atomic E-state index is 0.600. The molecule has 0 aliphatic rings. The second kappa shape index (κ2) is 4.10. The van der Waals surface area contributed by atoms with Crippen LogP contribution in [0.1, 0.15) is 5.56 Å². The highest BCUT2D eigenvalue weighted by molar-refractivity contribution is 5.88. The maximum atomic E-state index is 10.4. The number of hydrogen-bond acceptors (Lipinski definition) is 3. The van der Waals surface area contributed by atoms with Crippen LogP contribution in [0.3, 0.4) is 0 Å². The van der Waals surface area contributed by atoms with Crippen LogP contribution in [0, 0.1) is 0 Å². The first-order chi connectivity index (χ1) is 6.22. The van der Waals surface area contributed by atoms with Crippen molar-refractivity contribution in [2.75, 3.05) is 5.32 Å². The van der Waals surface area contributed by atoms with Crippen LogP contribution in [0.25, 0.3) is 0 Å². The molecule has 5 nitrogen and oxygen atoms in total. The van der Waals surface area contributed by atoms with E-state index in [1.807, 2.05) is 0 Å². The maximum absolute atomic E-state index is 10.4. The van der Waals surface area contributed by atoms with Gasteiger partial charge in [0.15, 0.2) is 0 Å². The summed E-state index contributed by atoms with van der Waals surface area (Å²) >= 11 is 0. The van der Waals surface area contributed by atoms with Crippen LogP contribution in [-0.4, -0.2) is 17.5 Å². The normalized spacial score (nSPS) is 10.2. The summed E-state index contributed by atoms with van der Waals surface area (Å²) in [6.07, 6.45) is 1.29. The Morgan fingerprint density at radius 1 is 1.46 bits per heavy atom. The molecule has 0 aliphatic heterocycles. The predicted molar refractivity (Wildman–Crippen MR) is 49.0 cm³/mol. The SMILES string of the molecule is NC(=O)Nc1ccc(/C=N/O)cc1. The Bertz CT molecular complexity index is 319. The van der Waals surface area contributed by atoms with Crippen LogP contribution in [0.2, 0.25) is 0 Å². The third-order valence-electron chi connectivity index (χ3n) is 1.39. The number of carbonyl (C=O) groups is 1. The van der Waals surface area contributed by atoms with Crippen molar-refractivity contribution >= 4 is 17.9 Å². The van der Waals surface area contributed by atoms with E-state index in [1.54, 1.807) is 24.3 Å². The third kappa shape index (κ3) is 2.82. The summed E-state index contributed by atoms with van der Waals surface area (Å²) in [4.78, 5) is 10.4. The van der Waals surface area contributed by atoms with E-state index < -0.39 is 6.03 Å². The van der Waals surface area contributed by atoms with Crippen molar-refractivity contribution in [2.24, 2.45) is 10.9 Å². The number of benzene rings is 1. The summed E-state index contributed by atoms with van der Waals surface area (Å²) in [5.74, 6) is 0. The molecule has 0 heterocycles. The number of hydrogen-bond donors (Lipinski definition) is 3. The van der Waals surface area contributed by atoms with Gasteiger partial charge in [0.05, 0.1) is 6.21 Å². The number of primary amides is 1. The summed E-state index contributed by atoms with van der Waals surface area (Å²) < 4.78 is 0. The van der Waals surface area contributed by atoms with Gasteiger partial charge in [0.25, 0.3) is 0 Å². The van der Waals surface area contributed by atoms with Gasteiger partial charge in [-0.2, -0.15) is 0 Å². The van der Waals surface area contributed by atoms with Crippen LogP contribution in [0.15, 0.2) is 29.4 Å². The van der Waals surface area contributed by atoms with E-state index in [1.165, 1.54) is 6.21 Å². The van der Waals surface area contributed by atoms with Crippen LogP contribution >= 0.6 is 0 Å². The minimum atomic E-state index is -0.608. The monoisotopic (exact) mass is 179 g/mol. The molecule has 5 heteroatoms. The maximum Gasteiger partial charge on any atom is 0.316 e. The highest BCUT2D eigenvalue weighted by Gasteiger charge is 1.94. The lowest BCUT2D eigenvalue weighted by Gasteiger charge is -2.00. The smallest absolute Gasteiger partial charge is 0.316 e. The van der Waals surface area contributed by atoms with Crippen LogP contribution in [-0.2, 0) is 0 Å². The van der Waals surface area contributed by atoms with Gasteiger partial charge in [-0.05, 0) is 17.7 Å². The van der Waals surface area contributed by atoms with E-state index in [0.717, 1.165) is 5.56 Å². The fourth-order valence-electron chi connectivity index (χ4n) is 0.861. The number of nitrogens with one attached hydrogen (secondary N) is 1. The second-order valence-electron chi connectivity index (χ2n) is 2.36. The molecule has 0 aromatic heterocycles. The Morgan fingerprint density at radius 3 is 2.54 bits per heavy atom. The third-order valence-corrected chi connectivity index (χ3v) is 1.39. The highest BCUT2D eigenvalue weighted by Crippen LogP contribution is 2.07. The van der Waals surface area contributed by atoms with E-state index >= 15 is 0 Å². The summed E-state index contributed by atoms with van der Waals surface area (Å²) in [6.45, 7) is 0. The molecule has 0 fully saturated rings. The Balaban J connectivity index is 2.75. The van der Waals surface area contributed by atoms with Crippen molar-refractivity contribution < 1.29 is 10.0 Å². The van der Waals surface area contributed by atoms with Crippen LogP contribution < -0.4 is 11.1 Å². The van der Waals surface area contributed by atoms with Gasteiger partial charge in [-0.25, -0.2) is 4.79 Å². The molecule has 0 atom stereocenters. The molecule has 0 radical (unpaired) electrons. The molecule has 1 aromatic carbocycles. The van der Waals surface area contributed by atoms with E-state index in [-0.39, 0.29) is 0 Å². The first-order valence-electron chi connectivity index (χ1n) is 3.56. The zero-order chi connectivity index (χ0) is 9.68. The van der Waals surface area contributed by atoms with Crippen LogP contribution in [0.5, 0.6) is 0 Å². The Hall–Kier alpha value is -2.04. The van der Waals surface area contributed by atoms with E-state index in [9.17, 15) is 4.79 Å². The number of nitrogens with two attached hydrogens (primary N) is 1.